The summed E-state index contributed by atoms with van der Waals surface area (Å²) in [7, 11) is 1.54. The summed E-state index contributed by atoms with van der Waals surface area (Å²) in [5.74, 6) is 0.629. The molecule has 1 aromatic carbocycles. The third-order valence-corrected chi connectivity index (χ3v) is 3.27. The fourth-order valence-corrected chi connectivity index (χ4v) is 2.56. The molecule has 110 valence electrons. The van der Waals surface area contributed by atoms with Crippen LogP contribution in [0.25, 0.3) is 0 Å². The molecule has 1 unspecified atom stereocenters. The van der Waals surface area contributed by atoms with Crippen molar-refractivity contribution in [1.29, 1.82) is 0 Å². The molecule has 0 aliphatic carbocycles. The molecule has 0 bridgehead atoms. The van der Waals surface area contributed by atoms with Gasteiger partial charge in [-0.1, -0.05) is 24.3 Å². The lowest BCUT2D eigenvalue weighted by Gasteiger charge is -2.33. The Labute approximate surface area is 126 Å². The van der Waals surface area contributed by atoms with E-state index in [4.69, 9.17) is 4.74 Å². The largest absolute Gasteiger partial charge is 0.497 e. The fourth-order valence-electron chi connectivity index (χ4n) is 2.01. The van der Waals surface area contributed by atoms with Gasteiger partial charge in [0.2, 0.25) is 0 Å². The molecule has 0 heterocycles. The van der Waals surface area contributed by atoms with Gasteiger partial charge in [-0.2, -0.15) is 8.78 Å². The van der Waals surface area contributed by atoms with E-state index in [0.29, 0.717) is 24.4 Å². The van der Waals surface area contributed by atoms with Crippen LogP contribution in [0.2, 0.25) is 0 Å². The third-order valence-electron chi connectivity index (χ3n) is 2.83. The first-order chi connectivity index (χ1) is 9.43. The molecule has 0 aliphatic rings. The van der Waals surface area contributed by atoms with Crippen LogP contribution in [0.1, 0.15) is 11.6 Å². The Hall–Kier alpha value is -1.20. The van der Waals surface area contributed by atoms with Crippen LogP contribution in [-0.2, 0) is 0 Å². The van der Waals surface area contributed by atoms with Gasteiger partial charge >= 0.3 is 4.83 Å². The summed E-state index contributed by atoms with van der Waals surface area (Å²) in [6, 6.07) is 5.50. The second kappa shape index (κ2) is 7.55. The van der Waals surface area contributed by atoms with Crippen LogP contribution in [0, 0.1) is 0 Å². The second-order valence-electron chi connectivity index (χ2n) is 4.25. The lowest BCUT2D eigenvalue weighted by Crippen LogP contribution is -2.37. The topological polar surface area (TPSA) is 12.5 Å². The molecular weight excluding hydrogens is 328 g/mol. The number of alkyl halides is 3. The van der Waals surface area contributed by atoms with Gasteiger partial charge in [0.15, 0.2) is 0 Å². The van der Waals surface area contributed by atoms with Crippen molar-refractivity contribution in [3.8, 4) is 5.75 Å². The van der Waals surface area contributed by atoms with Crippen LogP contribution in [-0.4, -0.2) is 29.9 Å². The van der Waals surface area contributed by atoms with Crippen molar-refractivity contribution < 1.29 is 13.5 Å². The summed E-state index contributed by atoms with van der Waals surface area (Å²) in [6.45, 7) is 7.90. The Morgan fingerprint density at radius 1 is 1.25 bits per heavy atom. The average Bonchev–Trinajstić information content (AvgIpc) is 2.39. The number of rotatable bonds is 8. The Balaban J connectivity index is 3.15. The maximum atomic E-state index is 13.9. The number of hydrogen-bond donors (Lipinski definition) is 0. The quantitative estimate of drug-likeness (QED) is 0.511. The molecule has 1 atom stereocenters. The third kappa shape index (κ3) is 4.42. The van der Waals surface area contributed by atoms with Gasteiger partial charge in [0, 0.05) is 13.1 Å². The van der Waals surface area contributed by atoms with Crippen LogP contribution >= 0.6 is 15.9 Å². The first kappa shape index (κ1) is 16.9. The normalized spacial score (nSPS) is 13.1. The zero-order chi connectivity index (χ0) is 15.2. The number of halogens is 3. The van der Waals surface area contributed by atoms with Gasteiger partial charge in [-0.15, -0.1) is 13.2 Å². The van der Waals surface area contributed by atoms with Gasteiger partial charge in [0.05, 0.1) is 7.11 Å². The predicted octanol–water partition coefficient (Wildman–Crippen LogP) is 4.40. The van der Waals surface area contributed by atoms with E-state index in [9.17, 15) is 8.78 Å². The van der Waals surface area contributed by atoms with Gasteiger partial charge in [0.25, 0.3) is 0 Å². The molecule has 0 saturated heterocycles. The lowest BCUT2D eigenvalue weighted by atomic mass is 10.1. The maximum Gasteiger partial charge on any atom is 0.320 e. The van der Waals surface area contributed by atoms with Gasteiger partial charge in [-0.25, -0.2) is 0 Å². The van der Waals surface area contributed by atoms with E-state index in [1.807, 2.05) is 0 Å². The van der Waals surface area contributed by atoms with Crippen LogP contribution in [0.5, 0.6) is 5.75 Å². The minimum atomic E-state index is -3.06. The number of ether oxygens (including phenoxy) is 1. The highest BCUT2D eigenvalue weighted by Crippen LogP contribution is 2.41. The minimum absolute atomic E-state index is 0.337. The minimum Gasteiger partial charge on any atom is -0.497 e. The van der Waals surface area contributed by atoms with E-state index in [0.717, 1.165) is 0 Å². The predicted molar refractivity (Wildman–Crippen MR) is 81.6 cm³/mol. The molecule has 0 spiro atoms. The van der Waals surface area contributed by atoms with E-state index in [-0.39, 0.29) is 0 Å². The smallest absolute Gasteiger partial charge is 0.320 e. The molecule has 2 nitrogen and oxygen atoms in total. The highest BCUT2D eigenvalue weighted by atomic mass is 79.9. The zero-order valence-corrected chi connectivity index (χ0v) is 12.9. The molecule has 0 fully saturated rings. The van der Waals surface area contributed by atoms with E-state index in [1.165, 1.54) is 7.11 Å². The maximum absolute atomic E-state index is 13.9. The molecule has 20 heavy (non-hydrogen) atoms. The highest BCUT2D eigenvalue weighted by molar-refractivity contribution is 9.10. The standard InChI is InChI=1S/C15H18BrF2NO/c1-4-10-19(11-5-2)14(15(16,17)18)12-6-8-13(20-3)9-7-12/h4-9,14H,1-2,10-11H2,3H3. The Morgan fingerprint density at radius 3 is 2.10 bits per heavy atom. The van der Waals surface area contributed by atoms with E-state index < -0.39 is 10.9 Å². The first-order valence-electron chi connectivity index (χ1n) is 6.10. The summed E-state index contributed by atoms with van der Waals surface area (Å²) in [6.07, 6.45) is 3.19. The Kier molecular flexibility index (Phi) is 6.36. The molecule has 0 amide bonds. The van der Waals surface area contributed by atoms with Crippen LogP contribution in [0.3, 0.4) is 0 Å². The molecule has 0 aromatic heterocycles. The summed E-state index contributed by atoms with van der Waals surface area (Å²) in [5, 5.41) is 0. The molecule has 0 N–H and O–H groups in total. The highest BCUT2D eigenvalue weighted by Gasteiger charge is 2.41. The van der Waals surface area contributed by atoms with Crippen molar-refractivity contribution in [3.05, 3.63) is 55.1 Å². The molecule has 5 heteroatoms. The summed E-state index contributed by atoms with van der Waals surface area (Å²) in [5.41, 5.74) is 0.497. The summed E-state index contributed by atoms with van der Waals surface area (Å²) in [4.78, 5) is -1.47. The monoisotopic (exact) mass is 345 g/mol. The number of nitrogens with zero attached hydrogens (tertiary/aromatic N) is 1. The Bertz CT molecular complexity index is 432. The SMILES string of the molecule is C=CCN(CC=C)C(c1ccc(OC)cc1)C(F)(F)Br. The van der Waals surface area contributed by atoms with Gasteiger partial charge in [0.1, 0.15) is 11.8 Å². The Morgan fingerprint density at radius 2 is 1.75 bits per heavy atom. The molecule has 1 aromatic rings. The van der Waals surface area contributed by atoms with Crippen LogP contribution in [0.15, 0.2) is 49.6 Å². The fraction of sp³-hybridized carbons (Fsp3) is 0.333. The van der Waals surface area contributed by atoms with Crippen molar-refractivity contribution in [3.63, 3.8) is 0 Å². The van der Waals surface area contributed by atoms with E-state index >= 15 is 0 Å². The van der Waals surface area contributed by atoms with Crippen molar-refractivity contribution >= 4 is 15.9 Å². The molecule has 0 saturated carbocycles. The summed E-state index contributed by atoms with van der Waals surface area (Å²) < 4.78 is 32.9. The van der Waals surface area contributed by atoms with E-state index in [2.05, 4.69) is 29.1 Å². The number of benzene rings is 1. The zero-order valence-electron chi connectivity index (χ0n) is 11.4. The van der Waals surface area contributed by atoms with Gasteiger partial charge in [-0.05, 0) is 33.6 Å². The van der Waals surface area contributed by atoms with Crippen LogP contribution in [0.4, 0.5) is 8.78 Å². The average molecular weight is 346 g/mol. The van der Waals surface area contributed by atoms with Crippen molar-refractivity contribution in [2.75, 3.05) is 20.2 Å². The van der Waals surface area contributed by atoms with Crippen molar-refractivity contribution in [2.45, 2.75) is 10.9 Å². The van der Waals surface area contributed by atoms with Crippen molar-refractivity contribution in [2.24, 2.45) is 0 Å². The molecule has 0 radical (unpaired) electrons. The van der Waals surface area contributed by atoms with Gasteiger partial charge in [-0.3, -0.25) is 4.90 Å². The molecular formula is C15H18BrF2NO. The van der Waals surface area contributed by atoms with E-state index in [1.54, 1.807) is 41.3 Å². The van der Waals surface area contributed by atoms with Crippen LogP contribution < -0.4 is 4.74 Å². The number of hydrogen-bond acceptors (Lipinski definition) is 2. The first-order valence-corrected chi connectivity index (χ1v) is 6.89. The molecule has 0 aliphatic heterocycles. The van der Waals surface area contributed by atoms with Gasteiger partial charge < -0.3 is 4.74 Å². The lowest BCUT2D eigenvalue weighted by molar-refractivity contribution is 0.00945. The summed E-state index contributed by atoms with van der Waals surface area (Å²) >= 11 is 2.48. The van der Waals surface area contributed by atoms with Crippen molar-refractivity contribution in [1.82, 2.24) is 4.90 Å². The number of methoxy groups -OCH3 is 1. The molecule has 1 rings (SSSR count). The second-order valence-corrected chi connectivity index (χ2v) is 5.31.